The predicted molar refractivity (Wildman–Crippen MR) is 89.7 cm³/mol. The molecule has 0 radical (unpaired) electrons. The highest BCUT2D eigenvalue weighted by atomic mass is 16.6. The molecule has 1 aliphatic rings. The fraction of sp³-hybridized carbons (Fsp3) is 0.500. The number of hydrogen-bond acceptors (Lipinski definition) is 4. The highest BCUT2D eigenvalue weighted by Gasteiger charge is 2.25. The molecule has 0 atom stereocenters. The molecule has 1 heterocycles. The monoisotopic (exact) mass is 320 g/mol. The maximum absolute atomic E-state index is 12.0. The first-order valence-corrected chi connectivity index (χ1v) is 7.64. The number of carbonyl (C=O) groups excluding carboxylic acids is 2. The highest BCUT2D eigenvalue weighted by molar-refractivity contribution is 5.88. The number of piperazine rings is 1. The molecule has 0 unspecified atom stereocenters. The Morgan fingerprint density at radius 2 is 1.65 bits per heavy atom. The molecule has 0 aromatic heterocycles. The van der Waals surface area contributed by atoms with Crippen molar-refractivity contribution in [1.29, 1.82) is 0 Å². The number of nitrogens with one attached hydrogen (secondary N) is 1. The molecule has 0 spiro atoms. The number of primary amides is 1. The van der Waals surface area contributed by atoms with Gasteiger partial charge in [-0.2, -0.15) is 0 Å². The maximum atomic E-state index is 12.0. The smallest absolute Gasteiger partial charge is 0.410 e. The SMILES string of the molecule is CC(C)(C)OC(=O)N1CCN(c2ccc(NC(N)=O)cc2)CC1. The lowest BCUT2D eigenvalue weighted by Gasteiger charge is -2.36. The van der Waals surface area contributed by atoms with E-state index >= 15 is 0 Å². The van der Waals surface area contributed by atoms with E-state index < -0.39 is 11.6 Å². The van der Waals surface area contributed by atoms with E-state index in [4.69, 9.17) is 10.5 Å². The van der Waals surface area contributed by atoms with Gasteiger partial charge in [0.05, 0.1) is 0 Å². The molecule has 126 valence electrons. The molecule has 7 heteroatoms. The average molecular weight is 320 g/mol. The van der Waals surface area contributed by atoms with E-state index in [-0.39, 0.29) is 6.09 Å². The lowest BCUT2D eigenvalue weighted by atomic mass is 10.2. The topological polar surface area (TPSA) is 87.9 Å². The molecule has 1 aromatic rings. The first kappa shape index (κ1) is 16.9. The number of benzene rings is 1. The van der Waals surface area contributed by atoms with Crippen molar-refractivity contribution >= 4 is 23.5 Å². The Morgan fingerprint density at radius 1 is 1.09 bits per heavy atom. The predicted octanol–water partition coefficient (Wildman–Crippen LogP) is 2.23. The van der Waals surface area contributed by atoms with Crippen LogP contribution in [0.5, 0.6) is 0 Å². The van der Waals surface area contributed by atoms with E-state index in [0.29, 0.717) is 18.8 Å². The third-order valence-corrected chi connectivity index (χ3v) is 3.43. The summed E-state index contributed by atoms with van der Waals surface area (Å²) in [5.74, 6) is 0. The Morgan fingerprint density at radius 3 is 2.13 bits per heavy atom. The summed E-state index contributed by atoms with van der Waals surface area (Å²) in [4.78, 5) is 26.8. The van der Waals surface area contributed by atoms with Gasteiger partial charge in [0.2, 0.25) is 0 Å². The van der Waals surface area contributed by atoms with Crippen LogP contribution in [0, 0.1) is 0 Å². The van der Waals surface area contributed by atoms with Crippen LogP contribution >= 0.6 is 0 Å². The summed E-state index contributed by atoms with van der Waals surface area (Å²) in [5.41, 5.74) is 6.31. The van der Waals surface area contributed by atoms with Crippen molar-refractivity contribution in [3.63, 3.8) is 0 Å². The number of hydrogen-bond donors (Lipinski definition) is 2. The third-order valence-electron chi connectivity index (χ3n) is 3.43. The van der Waals surface area contributed by atoms with Gasteiger partial charge in [-0.25, -0.2) is 9.59 Å². The van der Waals surface area contributed by atoms with Crippen LogP contribution in [0.3, 0.4) is 0 Å². The summed E-state index contributed by atoms with van der Waals surface area (Å²) in [6.07, 6.45) is -0.266. The van der Waals surface area contributed by atoms with Crippen LogP contribution in [0.1, 0.15) is 20.8 Å². The van der Waals surface area contributed by atoms with Gasteiger partial charge in [0.1, 0.15) is 5.60 Å². The standard InChI is InChI=1S/C16H24N4O3/c1-16(2,3)23-15(22)20-10-8-19(9-11-20)13-6-4-12(5-7-13)18-14(17)21/h4-7H,8-11H2,1-3H3,(H3,17,18,21). The fourth-order valence-corrected chi connectivity index (χ4v) is 2.37. The van der Waals surface area contributed by atoms with E-state index in [1.165, 1.54) is 0 Å². The van der Waals surface area contributed by atoms with Crippen LogP contribution in [0.4, 0.5) is 21.0 Å². The Balaban J connectivity index is 1.89. The van der Waals surface area contributed by atoms with Crippen molar-refractivity contribution in [1.82, 2.24) is 4.90 Å². The second kappa shape index (κ2) is 6.76. The van der Waals surface area contributed by atoms with Crippen LogP contribution in [0.2, 0.25) is 0 Å². The van der Waals surface area contributed by atoms with Crippen molar-refractivity contribution in [3.8, 4) is 0 Å². The van der Waals surface area contributed by atoms with E-state index in [0.717, 1.165) is 18.8 Å². The molecule has 0 aliphatic carbocycles. The molecule has 1 saturated heterocycles. The minimum Gasteiger partial charge on any atom is -0.444 e. The van der Waals surface area contributed by atoms with Crippen molar-refractivity contribution in [2.75, 3.05) is 36.4 Å². The molecule has 1 aliphatic heterocycles. The van der Waals surface area contributed by atoms with Gasteiger partial charge in [-0.3, -0.25) is 0 Å². The zero-order valence-corrected chi connectivity index (χ0v) is 13.8. The molecular formula is C16H24N4O3. The molecule has 1 fully saturated rings. The quantitative estimate of drug-likeness (QED) is 0.874. The molecular weight excluding hydrogens is 296 g/mol. The number of nitrogens with zero attached hydrogens (tertiary/aromatic N) is 2. The van der Waals surface area contributed by atoms with Crippen LogP contribution < -0.4 is 16.0 Å². The van der Waals surface area contributed by atoms with Crippen molar-refractivity contribution < 1.29 is 14.3 Å². The van der Waals surface area contributed by atoms with Gasteiger partial charge in [-0.05, 0) is 45.0 Å². The lowest BCUT2D eigenvalue weighted by Crippen LogP contribution is -2.50. The summed E-state index contributed by atoms with van der Waals surface area (Å²) in [6, 6.07) is 6.88. The van der Waals surface area contributed by atoms with Crippen molar-refractivity contribution in [2.45, 2.75) is 26.4 Å². The summed E-state index contributed by atoms with van der Waals surface area (Å²) in [7, 11) is 0. The molecule has 0 saturated carbocycles. The number of anilines is 2. The Kier molecular flexibility index (Phi) is 4.98. The van der Waals surface area contributed by atoms with Gasteiger partial charge in [0.25, 0.3) is 0 Å². The van der Waals surface area contributed by atoms with Gasteiger partial charge in [0.15, 0.2) is 0 Å². The van der Waals surface area contributed by atoms with Gasteiger partial charge in [-0.15, -0.1) is 0 Å². The molecule has 23 heavy (non-hydrogen) atoms. The third kappa shape index (κ3) is 5.05. The summed E-state index contributed by atoms with van der Waals surface area (Å²) < 4.78 is 5.39. The molecule has 3 amide bonds. The first-order valence-electron chi connectivity index (χ1n) is 7.64. The summed E-state index contributed by atoms with van der Waals surface area (Å²) >= 11 is 0. The molecule has 0 bridgehead atoms. The number of ether oxygens (including phenoxy) is 1. The lowest BCUT2D eigenvalue weighted by molar-refractivity contribution is 0.0240. The van der Waals surface area contributed by atoms with Gasteiger partial charge >= 0.3 is 12.1 Å². The first-order chi connectivity index (χ1) is 10.7. The number of urea groups is 1. The van der Waals surface area contributed by atoms with Crippen molar-refractivity contribution in [3.05, 3.63) is 24.3 Å². The molecule has 7 nitrogen and oxygen atoms in total. The summed E-state index contributed by atoms with van der Waals surface area (Å²) in [6.45, 7) is 8.31. The molecule has 1 aromatic carbocycles. The second-order valence-corrected chi connectivity index (χ2v) is 6.49. The maximum Gasteiger partial charge on any atom is 0.410 e. The number of rotatable bonds is 2. The molecule has 2 rings (SSSR count). The van der Waals surface area contributed by atoms with E-state index in [9.17, 15) is 9.59 Å². The normalized spacial score (nSPS) is 15.3. The second-order valence-electron chi connectivity index (χ2n) is 6.49. The van der Waals surface area contributed by atoms with Crippen LogP contribution in [0.15, 0.2) is 24.3 Å². The zero-order valence-electron chi connectivity index (χ0n) is 13.8. The zero-order chi connectivity index (χ0) is 17.0. The highest BCUT2D eigenvalue weighted by Crippen LogP contribution is 2.20. The number of amides is 3. The number of carbonyl (C=O) groups is 2. The Bertz CT molecular complexity index is 558. The molecule has 3 N–H and O–H groups in total. The Labute approximate surface area is 136 Å². The minimum absolute atomic E-state index is 0.266. The van der Waals surface area contributed by atoms with Crippen LogP contribution in [-0.4, -0.2) is 48.8 Å². The van der Waals surface area contributed by atoms with Gasteiger partial charge in [0, 0.05) is 37.6 Å². The van der Waals surface area contributed by atoms with Gasteiger partial charge in [-0.1, -0.05) is 0 Å². The van der Waals surface area contributed by atoms with Crippen molar-refractivity contribution in [2.24, 2.45) is 5.73 Å². The van der Waals surface area contributed by atoms with E-state index in [1.54, 1.807) is 17.0 Å². The minimum atomic E-state index is -0.580. The van der Waals surface area contributed by atoms with E-state index in [1.807, 2.05) is 32.9 Å². The Hall–Kier alpha value is -2.44. The summed E-state index contributed by atoms with van der Waals surface area (Å²) in [5, 5.41) is 2.53. The fourth-order valence-electron chi connectivity index (χ4n) is 2.37. The van der Waals surface area contributed by atoms with Gasteiger partial charge < -0.3 is 25.6 Å². The average Bonchev–Trinajstić information content (AvgIpc) is 2.46. The number of nitrogens with two attached hydrogens (primary N) is 1. The van der Waals surface area contributed by atoms with E-state index in [2.05, 4.69) is 10.2 Å². The largest absolute Gasteiger partial charge is 0.444 e. The van der Waals surface area contributed by atoms with Crippen LogP contribution in [0.25, 0.3) is 0 Å². The van der Waals surface area contributed by atoms with Crippen LogP contribution in [-0.2, 0) is 4.74 Å².